The van der Waals surface area contributed by atoms with Gasteiger partial charge in [0.25, 0.3) is 0 Å². The molecule has 3 aliphatic rings. The molecule has 1 aromatic heterocycles. The SMILES string of the molecule is CC1(O)CC(n2cnc3cc(OCCN4CCC5(CC4)C(=O)Nc4cc(Cl)ccc45)cc(C(F)(F)F)c32)C1. The van der Waals surface area contributed by atoms with Crippen LogP contribution in [0.4, 0.5) is 18.9 Å². The molecule has 3 heterocycles. The van der Waals surface area contributed by atoms with E-state index in [4.69, 9.17) is 16.3 Å². The summed E-state index contributed by atoms with van der Waals surface area (Å²) in [5, 5.41) is 13.6. The Labute approximate surface area is 222 Å². The number of alkyl halides is 3. The first-order valence-corrected chi connectivity index (χ1v) is 13.1. The molecule has 1 amide bonds. The summed E-state index contributed by atoms with van der Waals surface area (Å²) in [6, 6.07) is 7.83. The van der Waals surface area contributed by atoms with Gasteiger partial charge in [-0.1, -0.05) is 17.7 Å². The van der Waals surface area contributed by atoms with Crippen molar-refractivity contribution in [2.24, 2.45) is 0 Å². The number of piperidine rings is 1. The van der Waals surface area contributed by atoms with Crippen molar-refractivity contribution in [3.63, 3.8) is 0 Å². The van der Waals surface area contributed by atoms with E-state index in [1.807, 2.05) is 6.07 Å². The third-order valence-corrected chi connectivity index (χ3v) is 8.49. The van der Waals surface area contributed by atoms with Crippen molar-refractivity contribution in [3.05, 3.63) is 52.8 Å². The van der Waals surface area contributed by atoms with Crippen LogP contribution in [-0.2, 0) is 16.4 Å². The van der Waals surface area contributed by atoms with Gasteiger partial charge in [0.1, 0.15) is 12.4 Å². The smallest absolute Gasteiger partial charge is 0.418 e. The molecular weight excluding hydrogens is 521 g/mol. The fourth-order valence-electron chi connectivity index (χ4n) is 6.22. The number of nitrogens with one attached hydrogen (secondary N) is 1. The van der Waals surface area contributed by atoms with E-state index in [1.54, 1.807) is 19.1 Å². The molecule has 202 valence electrons. The van der Waals surface area contributed by atoms with E-state index in [0.29, 0.717) is 50.3 Å². The highest BCUT2D eigenvalue weighted by molar-refractivity contribution is 6.31. The number of hydrogen-bond donors (Lipinski definition) is 2. The molecule has 0 bridgehead atoms. The molecule has 1 saturated carbocycles. The lowest BCUT2D eigenvalue weighted by molar-refractivity contribution is -0.136. The van der Waals surface area contributed by atoms with Crippen molar-refractivity contribution in [2.75, 3.05) is 31.6 Å². The normalized spacial score (nSPS) is 24.9. The van der Waals surface area contributed by atoms with Crippen molar-refractivity contribution in [2.45, 2.75) is 55.8 Å². The quantitative estimate of drug-likeness (QED) is 0.460. The van der Waals surface area contributed by atoms with Crippen molar-refractivity contribution in [1.29, 1.82) is 0 Å². The average molecular weight is 549 g/mol. The number of aromatic nitrogens is 2. The van der Waals surface area contributed by atoms with Crippen LogP contribution in [0.15, 0.2) is 36.7 Å². The minimum atomic E-state index is -4.58. The number of aliphatic hydroxyl groups is 1. The molecule has 3 aromatic rings. The third-order valence-electron chi connectivity index (χ3n) is 8.26. The Hall–Kier alpha value is -2.82. The van der Waals surface area contributed by atoms with Gasteiger partial charge in [0, 0.05) is 29.4 Å². The van der Waals surface area contributed by atoms with E-state index < -0.39 is 22.8 Å². The number of likely N-dealkylation sites (tertiary alicyclic amines) is 1. The number of halogens is 4. The maximum absolute atomic E-state index is 14.0. The van der Waals surface area contributed by atoms with Crippen molar-refractivity contribution in [1.82, 2.24) is 14.5 Å². The monoisotopic (exact) mass is 548 g/mol. The molecular formula is C27H28ClF3N4O3. The third kappa shape index (κ3) is 4.32. The average Bonchev–Trinajstić information content (AvgIpc) is 3.36. The number of rotatable bonds is 5. The Bertz CT molecular complexity index is 1400. The second kappa shape index (κ2) is 8.86. The highest BCUT2D eigenvalue weighted by Gasteiger charge is 2.48. The number of nitrogens with zero attached hydrogens (tertiary/aromatic N) is 3. The second-order valence-corrected chi connectivity index (χ2v) is 11.4. The molecule has 0 radical (unpaired) electrons. The molecule has 6 rings (SSSR count). The van der Waals surface area contributed by atoms with Crippen LogP contribution in [0.1, 0.15) is 49.8 Å². The number of benzene rings is 2. The maximum atomic E-state index is 14.0. The summed E-state index contributed by atoms with van der Waals surface area (Å²) >= 11 is 6.08. The molecule has 0 atom stereocenters. The molecule has 2 aliphatic heterocycles. The van der Waals surface area contributed by atoms with Crippen molar-refractivity contribution in [3.8, 4) is 5.75 Å². The zero-order valence-corrected chi connectivity index (χ0v) is 21.6. The van der Waals surface area contributed by atoms with E-state index in [9.17, 15) is 23.1 Å². The maximum Gasteiger partial charge on any atom is 0.418 e. The van der Waals surface area contributed by atoms with Crippen LogP contribution in [0.25, 0.3) is 11.0 Å². The summed E-state index contributed by atoms with van der Waals surface area (Å²) in [4.78, 5) is 19.2. The van der Waals surface area contributed by atoms with E-state index >= 15 is 0 Å². The van der Waals surface area contributed by atoms with E-state index in [0.717, 1.165) is 17.3 Å². The van der Waals surface area contributed by atoms with Crippen LogP contribution in [-0.4, -0.2) is 57.3 Å². The first kappa shape index (κ1) is 25.5. The van der Waals surface area contributed by atoms with Gasteiger partial charge >= 0.3 is 6.18 Å². The summed E-state index contributed by atoms with van der Waals surface area (Å²) in [7, 11) is 0. The first-order chi connectivity index (χ1) is 18.0. The van der Waals surface area contributed by atoms with Gasteiger partial charge in [0.05, 0.1) is 33.9 Å². The summed E-state index contributed by atoms with van der Waals surface area (Å²) < 4.78 is 49.3. The molecule has 11 heteroatoms. The van der Waals surface area contributed by atoms with Crippen LogP contribution < -0.4 is 10.1 Å². The van der Waals surface area contributed by atoms with Crippen molar-refractivity contribution < 1.29 is 27.8 Å². The van der Waals surface area contributed by atoms with Gasteiger partial charge in [0.15, 0.2) is 0 Å². The van der Waals surface area contributed by atoms with E-state index in [2.05, 4.69) is 15.2 Å². The molecule has 7 nitrogen and oxygen atoms in total. The van der Waals surface area contributed by atoms with Gasteiger partial charge in [-0.2, -0.15) is 13.2 Å². The first-order valence-electron chi connectivity index (χ1n) is 12.7. The minimum Gasteiger partial charge on any atom is -0.492 e. The number of carbonyl (C=O) groups is 1. The lowest BCUT2D eigenvalue weighted by atomic mass is 9.74. The summed E-state index contributed by atoms with van der Waals surface area (Å²) in [5.41, 5.74) is -0.261. The molecule has 1 saturated heterocycles. The van der Waals surface area contributed by atoms with Crippen LogP contribution in [0, 0.1) is 0 Å². The van der Waals surface area contributed by atoms with Crippen LogP contribution in [0.3, 0.4) is 0 Å². The molecule has 1 spiro atoms. The van der Waals surface area contributed by atoms with Gasteiger partial charge in [0.2, 0.25) is 5.91 Å². The number of amides is 1. The Morgan fingerprint density at radius 3 is 2.63 bits per heavy atom. The number of imidazole rings is 1. The van der Waals surface area contributed by atoms with Gasteiger partial charge < -0.3 is 19.7 Å². The Morgan fingerprint density at radius 1 is 1.21 bits per heavy atom. The lowest BCUT2D eigenvalue weighted by Gasteiger charge is -2.41. The van der Waals surface area contributed by atoms with Gasteiger partial charge in [-0.05, 0) is 69.5 Å². The fourth-order valence-corrected chi connectivity index (χ4v) is 6.39. The Morgan fingerprint density at radius 2 is 1.95 bits per heavy atom. The standard InChI is InChI=1S/C27H28ClF3N4O3/c1-25(37)13-17(14-25)35-15-32-22-12-18(11-20(23(22)35)27(29,30)31)38-9-8-34-6-4-26(5-7-34)19-3-2-16(28)10-21(19)33-24(26)36/h2-3,10-12,15,17,37H,4-9,13-14H2,1H3,(H,33,36). The molecule has 2 fully saturated rings. The lowest BCUT2D eigenvalue weighted by Crippen LogP contribution is -2.47. The van der Waals surface area contributed by atoms with Crippen LogP contribution >= 0.6 is 11.6 Å². The zero-order chi connectivity index (χ0) is 26.9. The van der Waals surface area contributed by atoms with Gasteiger partial charge in [-0.15, -0.1) is 0 Å². The largest absolute Gasteiger partial charge is 0.492 e. The number of hydrogen-bond acceptors (Lipinski definition) is 5. The molecule has 2 aromatic carbocycles. The minimum absolute atomic E-state index is 0.0106. The van der Waals surface area contributed by atoms with E-state index in [-0.39, 0.29) is 35.3 Å². The summed E-state index contributed by atoms with van der Waals surface area (Å²) in [5.74, 6) is 0.105. The summed E-state index contributed by atoms with van der Waals surface area (Å²) in [6.45, 7) is 3.75. The number of anilines is 1. The Balaban J connectivity index is 1.12. The van der Waals surface area contributed by atoms with Crippen LogP contribution in [0.5, 0.6) is 5.75 Å². The predicted molar refractivity (Wildman–Crippen MR) is 137 cm³/mol. The highest BCUT2D eigenvalue weighted by Crippen LogP contribution is 2.46. The van der Waals surface area contributed by atoms with Gasteiger partial charge in [-0.25, -0.2) is 4.98 Å². The topological polar surface area (TPSA) is 79.6 Å². The van der Waals surface area contributed by atoms with E-state index in [1.165, 1.54) is 17.0 Å². The van der Waals surface area contributed by atoms with Gasteiger partial charge in [-0.3, -0.25) is 9.69 Å². The fraction of sp³-hybridized carbons (Fsp3) is 0.481. The number of carbonyl (C=O) groups excluding carboxylic acids is 1. The number of fused-ring (bicyclic) bond motifs is 3. The molecule has 1 aliphatic carbocycles. The molecule has 2 N–H and O–H groups in total. The number of ether oxygens (including phenoxy) is 1. The summed E-state index contributed by atoms with van der Waals surface area (Å²) in [6.07, 6.45) is -1.12. The Kier molecular flexibility index (Phi) is 5.93. The molecule has 0 unspecified atom stereocenters. The second-order valence-electron chi connectivity index (χ2n) is 11.0. The highest BCUT2D eigenvalue weighted by atomic mass is 35.5. The predicted octanol–water partition coefficient (Wildman–Crippen LogP) is 5.16. The molecule has 38 heavy (non-hydrogen) atoms. The van der Waals surface area contributed by atoms with Crippen molar-refractivity contribution >= 4 is 34.2 Å². The zero-order valence-electron chi connectivity index (χ0n) is 20.8. The van der Waals surface area contributed by atoms with Crippen LogP contribution in [0.2, 0.25) is 5.02 Å².